The Kier molecular flexibility index (Phi) is 6.78. The first kappa shape index (κ1) is 23.0. The minimum atomic E-state index is -3.80. The number of hydrogen-bond donors (Lipinski definition) is 0. The smallest absolute Gasteiger partial charge is 0.255 e. The molecule has 8 nitrogen and oxygen atoms in total. The predicted octanol–water partition coefficient (Wildman–Crippen LogP) is 2.24. The zero-order chi connectivity index (χ0) is 22.2. The number of benzene rings is 1. The molecule has 0 radical (unpaired) electrons. The lowest BCUT2D eigenvalue weighted by molar-refractivity contribution is 0.0628. The van der Waals surface area contributed by atoms with Crippen LogP contribution in [0.2, 0.25) is 10.0 Å². The molecule has 2 aromatic rings. The van der Waals surface area contributed by atoms with E-state index in [1.54, 1.807) is 9.58 Å². The van der Waals surface area contributed by atoms with E-state index in [0.717, 1.165) is 22.1 Å². The van der Waals surface area contributed by atoms with Crippen molar-refractivity contribution < 1.29 is 13.2 Å². The molecule has 0 aliphatic carbocycles. The molecule has 11 heteroatoms. The van der Waals surface area contributed by atoms with E-state index in [0.29, 0.717) is 26.2 Å². The molecule has 0 unspecified atom stereocenters. The van der Waals surface area contributed by atoms with Gasteiger partial charge in [0.15, 0.2) is 0 Å². The summed E-state index contributed by atoms with van der Waals surface area (Å²) in [5.41, 5.74) is 2.30. The minimum absolute atomic E-state index is 0.0121. The SMILES string of the molecule is Cc1nn(C)cc1CN1CCN(C(=O)c2cc(S(=O)(=O)N(C)C)c(Cl)cc2Cl)CC1. The van der Waals surface area contributed by atoms with Crippen LogP contribution in [0, 0.1) is 6.92 Å². The third-order valence-corrected chi connectivity index (χ3v) is 7.77. The Balaban J connectivity index is 1.74. The first-order chi connectivity index (χ1) is 14.0. The zero-order valence-electron chi connectivity index (χ0n) is 17.4. The number of amides is 1. The molecule has 0 atom stereocenters. The lowest BCUT2D eigenvalue weighted by Gasteiger charge is -2.35. The van der Waals surface area contributed by atoms with Gasteiger partial charge in [0.1, 0.15) is 4.90 Å². The Hall–Kier alpha value is -1.65. The minimum Gasteiger partial charge on any atom is -0.336 e. The van der Waals surface area contributed by atoms with Crippen LogP contribution < -0.4 is 0 Å². The fraction of sp³-hybridized carbons (Fsp3) is 0.474. The van der Waals surface area contributed by atoms with E-state index in [-0.39, 0.29) is 26.4 Å². The number of hydrogen-bond acceptors (Lipinski definition) is 5. The molecule has 1 aliphatic rings. The molecule has 1 aromatic carbocycles. The van der Waals surface area contributed by atoms with Gasteiger partial charge >= 0.3 is 0 Å². The Morgan fingerprint density at radius 3 is 2.30 bits per heavy atom. The van der Waals surface area contributed by atoms with Gasteiger partial charge in [0.05, 0.1) is 21.3 Å². The summed E-state index contributed by atoms with van der Waals surface area (Å²) in [5, 5.41) is 4.49. The molecule has 0 N–H and O–H groups in total. The van der Waals surface area contributed by atoms with E-state index >= 15 is 0 Å². The molecule has 1 saturated heterocycles. The van der Waals surface area contributed by atoms with Crippen molar-refractivity contribution in [3.8, 4) is 0 Å². The van der Waals surface area contributed by atoms with Gasteiger partial charge in [0.2, 0.25) is 10.0 Å². The Labute approximate surface area is 187 Å². The molecular weight excluding hydrogens is 449 g/mol. The Morgan fingerprint density at radius 2 is 1.77 bits per heavy atom. The fourth-order valence-corrected chi connectivity index (χ4v) is 5.13. The Morgan fingerprint density at radius 1 is 1.13 bits per heavy atom. The maximum atomic E-state index is 13.1. The third-order valence-electron chi connectivity index (χ3n) is 5.18. The molecule has 3 rings (SSSR count). The second-order valence-electron chi connectivity index (χ2n) is 7.53. The summed E-state index contributed by atoms with van der Waals surface area (Å²) in [6.45, 7) is 5.20. The van der Waals surface area contributed by atoms with Gasteiger partial charge in [0.25, 0.3) is 5.91 Å². The normalized spacial score (nSPS) is 15.8. The Bertz CT molecular complexity index is 1060. The number of piperazine rings is 1. The van der Waals surface area contributed by atoms with Gasteiger partial charge in [-0.3, -0.25) is 14.4 Å². The van der Waals surface area contributed by atoms with Crippen molar-refractivity contribution in [2.75, 3.05) is 40.3 Å². The molecule has 2 heterocycles. The molecule has 1 aliphatic heterocycles. The first-order valence-electron chi connectivity index (χ1n) is 9.43. The van der Waals surface area contributed by atoms with Crippen LogP contribution in [0.5, 0.6) is 0 Å². The second-order valence-corrected chi connectivity index (χ2v) is 10.5. The van der Waals surface area contributed by atoms with Gasteiger partial charge in [-0.2, -0.15) is 5.10 Å². The molecule has 1 amide bonds. The molecule has 1 fully saturated rings. The highest BCUT2D eigenvalue weighted by molar-refractivity contribution is 7.89. The van der Waals surface area contributed by atoms with Gasteiger partial charge in [-0.05, 0) is 19.1 Å². The largest absolute Gasteiger partial charge is 0.336 e. The maximum Gasteiger partial charge on any atom is 0.255 e. The standard InChI is InChI=1S/C19H25Cl2N5O3S/c1-13-14(11-24(4)22-13)12-25-5-7-26(8-6-25)19(27)15-9-18(17(21)10-16(15)20)30(28,29)23(2)3/h9-11H,5-8,12H2,1-4H3. The summed E-state index contributed by atoms with van der Waals surface area (Å²) in [5.74, 6) is -0.302. The van der Waals surface area contributed by atoms with Gasteiger partial charge in [-0.1, -0.05) is 23.2 Å². The van der Waals surface area contributed by atoms with Gasteiger partial charge in [-0.15, -0.1) is 0 Å². The lowest BCUT2D eigenvalue weighted by Crippen LogP contribution is -2.48. The average Bonchev–Trinajstić information content (AvgIpc) is 2.98. The van der Waals surface area contributed by atoms with Gasteiger partial charge < -0.3 is 4.90 Å². The van der Waals surface area contributed by atoms with Crippen LogP contribution in [0.3, 0.4) is 0 Å². The second kappa shape index (κ2) is 8.84. The molecule has 0 spiro atoms. The van der Waals surface area contributed by atoms with Crippen molar-refractivity contribution in [2.45, 2.75) is 18.4 Å². The van der Waals surface area contributed by atoms with E-state index in [1.165, 1.54) is 26.2 Å². The van der Waals surface area contributed by atoms with E-state index in [4.69, 9.17) is 23.2 Å². The van der Waals surface area contributed by atoms with Gasteiger partial charge in [-0.25, -0.2) is 12.7 Å². The van der Waals surface area contributed by atoms with Crippen molar-refractivity contribution in [1.29, 1.82) is 0 Å². The third kappa shape index (κ3) is 4.65. The highest BCUT2D eigenvalue weighted by Crippen LogP contribution is 2.31. The predicted molar refractivity (Wildman–Crippen MR) is 116 cm³/mol. The molecule has 30 heavy (non-hydrogen) atoms. The topological polar surface area (TPSA) is 78.8 Å². The van der Waals surface area contributed by atoms with Crippen LogP contribution in [-0.4, -0.2) is 78.5 Å². The highest BCUT2D eigenvalue weighted by Gasteiger charge is 2.28. The van der Waals surface area contributed by atoms with Crippen LogP contribution in [0.4, 0.5) is 0 Å². The number of nitrogens with zero attached hydrogens (tertiary/aromatic N) is 5. The zero-order valence-corrected chi connectivity index (χ0v) is 19.7. The van der Waals surface area contributed by atoms with Crippen LogP contribution >= 0.6 is 23.2 Å². The first-order valence-corrected chi connectivity index (χ1v) is 11.6. The van der Waals surface area contributed by atoms with Crippen molar-refractivity contribution in [3.05, 3.63) is 45.2 Å². The summed E-state index contributed by atoms with van der Waals surface area (Å²) in [4.78, 5) is 16.9. The highest BCUT2D eigenvalue weighted by atomic mass is 35.5. The van der Waals surface area contributed by atoms with Crippen molar-refractivity contribution >= 4 is 39.1 Å². The van der Waals surface area contributed by atoms with Gasteiger partial charge in [0, 0.05) is 65.6 Å². The number of halogens is 2. The number of carbonyl (C=O) groups is 1. The number of rotatable bonds is 5. The molecular formula is C19H25Cl2N5O3S. The summed E-state index contributed by atoms with van der Waals surface area (Å²) in [6.07, 6.45) is 2.01. The lowest BCUT2D eigenvalue weighted by atomic mass is 10.1. The number of carbonyl (C=O) groups excluding carboxylic acids is 1. The molecule has 1 aromatic heterocycles. The maximum absolute atomic E-state index is 13.1. The van der Waals surface area contributed by atoms with Crippen LogP contribution in [0.25, 0.3) is 0 Å². The summed E-state index contributed by atoms with van der Waals surface area (Å²) in [6, 6.07) is 2.59. The van der Waals surface area contributed by atoms with E-state index < -0.39 is 10.0 Å². The average molecular weight is 474 g/mol. The van der Waals surface area contributed by atoms with E-state index in [2.05, 4.69) is 10.00 Å². The number of sulfonamides is 1. The molecule has 164 valence electrons. The summed E-state index contributed by atoms with van der Waals surface area (Å²) >= 11 is 12.3. The van der Waals surface area contributed by atoms with Crippen LogP contribution in [0.1, 0.15) is 21.6 Å². The van der Waals surface area contributed by atoms with Crippen LogP contribution in [-0.2, 0) is 23.6 Å². The quantitative estimate of drug-likeness (QED) is 0.665. The number of aryl methyl sites for hydroxylation is 2. The van der Waals surface area contributed by atoms with Crippen molar-refractivity contribution in [2.24, 2.45) is 7.05 Å². The summed E-state index contributed by atoms with van der Waals surface area (Å²) in [7, 11) is 0.911. The summed E-state index contributed by atoms with van der Waals surface area (Å²) < 4.78 is 27.9. The fourth-order valence-electron chi connectivity index (χ4n) is 3.41. The molecule has 0 saturated carbocycles. The van der Waals surface area contributed by atoms with E-state index in [1.807, 2.05) is 20.2 Å². The van der Waals surface area contributed by atoms with Crippen LogP contribution in [0.15, 0.2) is 23.2 Å². The molecule has 0 bridgehead atoms. The van der Waals surface area contributed by atoms with Crippen molar-refractivity contribution in [3.63, 3.8) is 0 Å². The monoisotopic (exact) mass is 473 g/mol. The van der Waals surface area contributed by atoms with E-state index in [9.17, 15) is 13.2 Å². The van der Waals surface area contributed by atoms with Crippen molar-refractivity contribution in [1.82, 2.24) is 23.9 Å². The number of aromatic nitrogens is 2.